The van der Waals surface area contributed by atoms with Crippen LogP contribution in [0.5, 0.6) is 0 Å². The lowest BCUT2D eigenvalue weighted by Crippen LogP contribution is -2.47. The minimum Gasteiger partial charge on any atom is -0.347 e. The number of hydrogen-bond acceptors (Lipinski definition) is 5. The van der Waals surface area contributed by atoms with Crippen LogP contribution in [0.4, 0.5) is 5.82 Å². The first-order valence-electron chi connectivity index (χ1n) is 11.9. The maximum absolute atomic E-state index is 13.1. The highest BCUT2D eigenvalue weighted by Crippen LogP contribution is 2.61. The van der Waals surface area contributed by atoms with Crippen LogP contribution >= 0.6 is 0 Å². The van der Waals surface area contributed by atoms with Gasteiger partial charge in [-0.3, -0.25) is 9.69 Å². The molecule has 7 heteroatoms. The minimum atomic E-state index is 0.151. The summed E-state index contributed by atoms with van der Waals surface area (Å²) in [6, 6.07) is 0. The Hall–Kier alpha value is -2.28. The predicted molar refractivity (Wildman–Crippen MR) is 117 cm³/mol. The van der Waals surface area contributed by atoms with Crippen molar-refractivity contribution in [2.75, 3.05) is 11.9 Å². The van der Waals surface area contributed by atoms with Crippen LogP contribution in [0.2, 0.25) is 0 Å². The van der Waals surface area contributed by atoms with Crippen molar-refractivity contribution in [3.05, 3.63) is 35.3 Å². The number of aromatic nitrogens is 4. The Kier molecular flexibility index (Phi) is 4.63. The molecule has 2 aromatic heterocycles. The van der Waals surface area contributed by atoms with Crippen molar-refractivity contribution in [2.45, 2.75) is 71.4 Å². The van der Waals surface area contributed by atoms with Gasteiger partial charge >= 0.3 is 0 Å². The van der Waals surface area contributed by atoms with E-state index in [2.05, 4.69) is 30.2 Å². The van der Waals surface area contributed by atoms with E-state index in [1.807, 2.05) is 6.92 Å². The Balaban J connectivity index is 1.13. The van der Waals surface area contributed by atoms with Crippen LogP contribution in [0.25, 0.3) is 0 Å². The molecule has 0 radical (unpaired) electrons. The van der Waals surface area contributed by atoms with Crippen LogP contribution < -0.4 is 5.32 Å². The highest BCUT2D eigenvalue weighted by Gasteiger charge is 2.51. The molecule has 1 amide bonds. The van der Waals surface area contributed by atoms with E-state index in [4.69, 9.17) is 0 Å². The summed E-state index contributed by atoms with van der Waals surface area (Å²) in [5.41, 5.74) is 4.60. The molecule has 4 saturated carbocycles. The van der Waals surface area contributed by atoms with Gasteiger partial charge in [-0.25, -0.2) is 15.0 Å². The summed E-state index contributed by atoms with van der Waals surface area (Å²) in [4.78, 5) is 32.0. The summed E-state index contributed by atoms with van der Waals surface area (Å²) >= 11 is 0. The highest BCUT2D eigenvalue weighted by molar-refractivity contribution is 5.91. The Morgan fingerprint density at radius 2 is 1.90 bits per heavy atom. The van der Waals surface area contributed by atoms with Gasteiger partial charge in [0.15, 0.2) is 0 Å². The monoisotopic (exact) mass is 420 g/mol. The second-order valence-electron chi connectivity index (χ2n) is 10.7. The molecule has 2 N–H and O–H groups in total. The fourth-order valence-electron chi connectivity index (χ4n) is 7.45. The van der Waals surface area contributed by atoms with Crippen LogP contribution in [0.1, 0.15) is 67.6 Å². The third-order valence-electron chi connectivity index (χ3n) is 8.36. The van der Waals surface area contributed by atoms with Gasteiger partial charge < -0.3 is 10.3 Å². The molecule has 4 bridgehead atoms. The number of aryl methyl sites for hydroxylation is 1. The third kappa shape index (κ3) is 3.67. The molecule has 7 nitrogen and oxygen atoms in total. The lowest BCUT2D eigenvalue weighted by Gasteiger charge is -2.56. The molecule has 1 aliphatic heterocycles. The van der Waals surface area contributed by atoms with Gasteiger partial charge in [-0.2, -0.15) is 0 Å². The van der Waals surface area contributed by atoms with E-state index < -0.39 is 0 Å². The number of carbonyl (C=O) groups is 1. The molecule has 164 valence electrons. The quantitative estimate of drug-likeness (QED) is 0.772. The molecule has 2 aromatic rings. The number of amides is 1. The molecule has 0 spiro atoms. The number of carbonyl (C=O) groups excluding carboxylic acids is 1. The lowest BCUT2D eigenvalue weighted by atomic mass is 9.49. The summed E-state index contributed by atoms with van der Waals surface area (Å²) in [5.74, 6) is 3.50. The van der Waals surface area contributed by atoms with E-state index in [1.165, 1.54) is 38.5 Å². The summed E-state index contributed by atoms with van der Waals surface area (Å²) in [7, 11) is 0. The van der Waals surface area contributed by atoms with Gasteiger partial charge in [0.05, 0.1) is 23.4 Å². The van der Waals surface area contributed by atoms with Gasteiger partial charge in [-0.05, 0) is 75.0 Å². The smallest absolute Gasteiger partial charge is 0.226 e. The third-order valence-corrected chi connectivity index (χ3v) is 8.36. The van der Waals surface area contributed by atoms with Gasteiger partial charge in [-0.15, -0.1) is 0 Å². The zero-order valence-corrected chi connectivity index (χ0v) is 18.4. The number of H-pyrrole nitrogens is 1. The topological polar surface area (TPSA) is 86.8 Å². The van der Waals surface area contributed by atoms with Gasteiger partial charge in [0, 0.05) is 31.6 Å². The fourth-order valence-corrected chi connectivity index (χ4v) is 7.45. The van der Waals surface area contributed by atoms with Crippen molar-refractivity contribution >= 4 is 11.7 Å². The van der Waals surface area contributed by atoms with Crippen LogP contribution in [-0.4, -0.2) is 37.3 Å². The molecule has 7 rings (SSSR count). The van der Waals surface area contributed by atoms with Gasteiger partial charge in [0.25, 0.3) is 0 Å². The largest absolute Gasteiger partial charge is 0.347 e. The number of hydrogen-bond donors (Lipinski definition) is 2. The van der Waals surface area contributed by atoms with E-state index in [9.17, 15) is 4.79 Å². The predicted octanol–water partition coefficient (Wildman–Crippen LogP) is 3.61. The number of nitrogens with zero attached hydrogens (tertiary/aromatic N) is 4. The molecule has 3 heterocycles. The number of nitrogens with one attached hydrogen (secondary N) is 2. The molecule has 5 aliphatic rings. The summed E-state index contributed by atoms with van der Waals surface area (Å²) in [5, 5.41) is 3.19. The standard InChI is InChI=1S/C24H32N6O/c1-15-20(26-13-25-15)11-30-3-2-19-21(12-30)27-14-28-23(19)29-22(31)10-24-7-16-4-17(8-24)6-18(5-16)9-24/h13-14,16-18H,2-12H2,1H3,(H,25,26)(H,27,28,29,31). The second-order valence-corrected chi connectivity index (χ2v) is 10.7. The first kappa shape index (κ1) is 19.4. The molecular weight excluding hydrogens is 388 g/mol. The SMILES string of the molecule is Cc1nc[nH]c1CN1CCc2c(ncnc2NC(=O)CC23CC4CC(CC(C4)C2)C3)C1. The molecule has 4 aliphatic carbocycles. The lowest BCUT2D eigenvalue weighted by molar-refractivity contribution is -0.124. The molecule has 4 fully saturated rings. The van der Waals surface area contributed by atoms with Gasteiger partial charge in [-0.1, -0.05) is 0 Å². The second kappa shape index (κ2) is 7.40. The van der Waals surface area contributed by atoms with E-state index in [0.29, 0.717) is 6.42 Å². The van der Waals surface area contributed by atoms with Crippen molar-refractivity contribution in [1.82, 2.24) is 24.8 Å². The maximum Gasteiger partial charge on any atom is 0.226 e. The molecule has 0 aromatic carbocycles. The number of fused-ring (bicyclic) bond motifs is 1. The first-order chi connectivity index (χ1) is 15.1. The number of imidazole rings is 1. The first-order valence-corrected chi connectivity index (χ1v) is 11.9. The highest BCUT2D eigenvalue weighted by atomic mass is 16.1. The molecular formula is C24H32N6O. The Morgan fingerprint density at radius 1 is 1.16 bits per heavy atom. The van der Waals surface area contributed by atoms with Crippen LogP contribution in [0.3, 0.4) is 0 Å². The maximum atomic E-state index is 13.1. The number of rotatable bonds is 5. The molecule has 0 saturated heterocycles. The van der Waals surface area contributed by atoms with Crippen molar-refractivity contribution in [3.63, 3.8) is 0 Å². The summed E-state index contributed by atoms with van der Waals surface area (Å²) in [6.07, 6.45) is 12.9. The Bertz CT molecular complexity index is 962. The molecule has 31 heavy (non-hydrogen) atoms. The Morgan fingerprint density at radius 3 is 2.58 bits per heavy atom. The summed E-state index contributed by atoms with van der Waals surface area (Å²) in [6.45, 7) is 4.57. The van der Waals surface area contributed by atoms with Crippen molar-refractivity contribution in [3.8, 4) is 0 Å². The summed E-state index contributed by atoms with van der Waals surface area (Å²) < 4.78 is 0. The van der Waals surface area contributed by atoms with E-state index in [1.54, 1.807) is 12.7 Å². The van der Waals surface area contributed by atoms with Crippen LogP contribution in [0.15, 0.2) is 12.7 Å². The van der Waals surface area contributed by atoms with Crippen LogP contribution in [0, 0.1) is 30.1 Å². The zero-order chi connectivity index (χ0) is 21.0. The minimum absolute atomic E-state index is 0.151. The van der Waals surface area contributed by atoms with E-state index in [-0.39, 0.29) is 11.3 Å². The van der Waals surface area contributed by atoms with Gasteiger partial charge in [0.2, 0.25) is 5.91 Å². The normalized spacial score (nSPS) is 31.6. The van der Waals surface area contributed by atoms with Gasteiger partial charge in [0.1, 0.15) is 12.1 Å². The van der Waals surface area contributed by atoms with Crippen molar-refractivity contribution in [2.24, 2.45) is 23.2 Å². The number of anilines is 1. The van der Waals surface area contributed by atoms with Crippen LogP contribution in [-0.2, 0) is 24.3 Å². The molecule has 0 unspecified atom stereocenters. The van der Waals surface area contributed by atoms with E-state index >= 15 is 0 Å². The zero-order valence-electron chi connectivity index (χ0n) is 18.4. The molecule has 0 atom stereocenters. The average molecular weight is 421 g/mol. The van der Waals surface area contributed by atoms with Crippen molar-refractivity contribution < 1.29 is 4.79 Å². The van der Waals surface area contributed by atoms with Crippen molar-refractivity contribution in [1.29, 1.82) is 0 Å². The number of aromatic amines is 1. The Labute approximate surface area is 183 Å². The average Bonchev–Trinajstić information content (AvgIpc) is 3.11. The van der Waals surface area contributed by atoms with E-state index in [0.717, 1.165) is 72.3 Å². The fraction of sp³-hybridized carbons (Fsp3) is 0.667.